The highest BCUT2D eigenvalue weighted by Crippen LogP contribution is 2.43. The molecule has 0 radical (unpaired) electrons. The maximum Gasteiger partial charge on any atom is 0.223 e. The average Bonchev–Trinajstić information content (AvgIpc) is 2.90. The van der Waals surface area contributed by atoms with Crippen molar-refractivity contribution in [3.8, 4) is 0 Å². The van der Waals surface area contributed by atoms with Gasteiger partial charge >= 0.3 is 0 Å². The van der Waals surface area contributed by atoms with Crippen molar-refractivity contribution in [1.29, 1.82) is 0 Å². The molecule has 1 fully saturated rings. The number of nitrogens with one attached hydrogen (secondary N) is 1. The number of hydrogen-bond acceptors (Lipinski definition) is 1. The second-order valence-corrected chi connectivity index (χ2v) is 7.97. The second kappa shape index (κ2) is 6.51. The van der Waals surface area contributed by atoms with Gasteiger partial charge in [0, 0.05) is 12.5 Å². The van der Waals surface area contributed by atoms with Gasteiger partial charge in [-0.2, -0.15) is 0 Å². The molecule has 1 aromatic rings. The van der Waals surface area contributed by atoms with Crippen molar-refractivity contribution in [3.05, 3.63) is 41.5 Å². The summed E-state index contributed by atoms with van der Waals surface area (Å²) in [4.78, 5) is 12.7. The molecular weight excluding hydrogens is 282 g/mol. The highest BCUT2D eigenvalue weighted by atomic mass is 16.1. The molecule has 1 amide bonds. The van der Waals surface area contributed by atoms with E-state index in [0.717, 1.165) is 25.8 Å². The second-order valence-electron chi connectivity index (χ2n) is 7.97. The first-order chi connectivity index (χ1) is 11.0. The van der Waals surface area contributed by atoms with Crippen molar-refractivity contribution in [1.82, 2.24) is 5.32 Å². The van der Waals surface area contributed by atoms with Gasteiger partial charge in [-0.15, -0.1) is 0 Å². The van der Waals surface area contributed by atoms with Gasteiger partial charge in [0.1, 0.15) is 0 Å². The monoisotopic (exact) mass is 311 g/mol. The topological polar surface area (TPSA) is 29.1 Å². The van der Waals surface area contributed by atoms with E-state index in [0.29, 0.717) is 5.92 Å². The summed E-state index contributed by atoms with van der Waals surface area (Å²) < 4.78 is 0. The van der Waals surface area contributed by atoms with E-state index in [-0.39, 0.29) is 17.2 Å². The van der Waals surface area contributed by atoms with Crippen LogP contribution in [0, 0.1) is 17.3 Å². The van der Waals surface area contributed by atoms with Crippen LogP contribution >= 0.6 is 0 Å². The highest BCUT2D eigenvalue weighted by Gasteiger charge is 2.41. The van der Waals surface area contributed by atoms with Gasteiger partial charge in [-0.3, -0.25) is 4.79 Å². The van der Waals surface area contributed by atoms with Crippen molar-refractivity contribution in [3.63, 3.8) is 0 Å². The van der Waals surface area contributed by atoms with E-state index in [9.17, 15) is 4.79 Å². The summed E-state index contributed by atoms with van der Waals surface area (Å²) >= 11 is 0. The smallest absolute Gasteiger partial charge is 0.223 e. The van der Waals surface area contributed by atoms with Crippen LogP contribution in [0.5, 0.6) is 0 Å². The lowest BCUT2D eigenvalue weighted by Gasteiger charge is -2.41. The number of rotatable bonds is 4. The Hall–Kier alpha value is -1.57. The van der Waals surface area contributed by atoms with Crippen LogP contribution in [-0.2, 0) is 11.2 Å². The number of carbonyl (C=O) groups is 1. The maximum atomic E-state index is 12.7. The van der Waals surface area contributed by atoms with Gasteiger partial charge < -0.3 is 5.32 Å². The third-order valence-electron chi connectivity index (χ3n) is 5.80. The Morgan fingerprint density at radius 1 is 1.30 bits per heavy atom. The molecule has 2 aliphatic carbocycles. The quantitative estimate of drug-likeness (QED) is 0.865. The van der Waals surface area contributed by atoms with Gasteiger partial charge in [0.15, 0.2) is 0 Å². The SMILES string of the molecule is C[C@H]1CCCC(C)(C)C1C(=O)NCCC1=CCc2ccccc21. The fraction of sp³-hybridized carbons (Fsp3) is 0.571. The molecule has 0 aliphatic heterocycles. The lowest BCUT2D eigenvalue weighted by Crippen LogP contribution is -2.45. The lowest BCUT2D eigenvalue weighted by atomic mass is 9.64. The fourth-order valence-electron chi connectivity index (χ4n) is 4.61. The van der Waals surface area contributed by atoms with Crippen LogP contribution in [0.4, 0.5) is 0 Å². The van der Waals surface area contributed by atoms with Gasteiger partial charge in [-0.1, -0.05) is 57.5 Å². The number of amides is 1. The van der Waals surface area contributed by atoms with Crippen molar-refractivity contribution >= 4 is 11.5 Å². The summed E-state index contributed by atoms with van der Waals surface area (Å²) in [6.45, 7) is 7.49. The minimum atomic E-state index is 0.126. The maximum absolute atomic E-state index is 12.7. The zero-order valence-corrected chi connectivity index (χ0v) is 14.7. The summed E-state index contributed by atoms with van der Waals surface area (Å²) in [5.74, 6) is 0.903. The summed E-state index contributed by atoms with van der Waals surface area (Å²) in [5.41, 5.74) is 4.29. The molecule has 3 rings (SSSR count). The molecule has 0 heterocycles. The molecule has 124 valence electrons. The predicted octanol–water partition coefficient (Wildman–Crippen LogP) is 4.59. The Morgan fingerprint density at radius 2 is 2.09 bits per heavy atom. The van der Waals surface area contributed by atoms with Gasteiger partial charge in [0.05, 0.1) is 0 Å². The third kappa shape index (κ3) is 3.36. The molecule has 2 aliphatic rings. The Labute approximate surface area is 140 Å². The highest BCUT2D eigenvalue weighted by molar-refractivity contribution is 5.80. The van der Waals surface area contributed by atoms with Gasteiger partial charge in [-0.05, 0) is 53.7 Å². The largest absolute Gasteiger partial charge is 0.356 e. The molecule has 2 nitrogen and oxygen atoms in total. The van der Waals surface area contributed by atoms with Gasteiger partial charge in [-0.25, -0.2) is 0 Å². The molecule has 0 bridgehead atoms. The predicted molar refractivity (Wildman–Crippen MR) is 96.0 cm³/mol. The van der Waals surface area contributed by atoms with Crippen molar-refractivity contribution in [2.45, 2.75) is 52.9 Å². The Balaban J connectivity index is 1.56. The Bertz CT molecular complexity index is 614. The molecule has 1 N–H and O–H groups in total. The first-order valence-electron chi connectivity index (χ1n) is 9.04. The first-order valence-corrected chi connectivity index (χ1v) is 9.04. The Kier molecular flexibility index (Phi) is 4.61. The molecule has 0 saturated heterocycles. The molecule has 2 atom stereocenters. The third-order valence-corrected chi connectivity index (χ3v) is 5.80. The van der Waals surface area contributed by atoms with E-state index in [4.69, 9.17) is 0 Å². The zero-order chi connectivity index (χ0) is 16.4. The number of allylic oxidation sites excluding steroid dienone is 1. The van der Waals surface area contributed by atoms with Crippen LogP contribution in [0.15, 0.2) is 30.3 Å². The molecule has 1 unspecified atom stereocenters. The normalized spacial score (nSPS) is 25.6. The Morgan fingerprint density at radius 3 is 2.87 bits per heavy atom. The molecule has 0 spiro atoms. The number of carbonyl (C=O) groups excluding carboxylic acids is 1. The van der Waals surface area contributed by atoms with Gasteiger partial charge in [0.2, 0.25) is 5.91 Å². The van der Waals surface area contributed by atoms with E-state index in [2.05, 4.69) is 56.4 Å². The molecular formula is C21H29NO. The van der Waals surface area contributed by atoms with Crippen molar-refractivity contribution in [2.24, 2.45) is 17.3 Å². The number of hydrogen-bond donors (Lipinski definition) is 1. The van der Waals surface area contributed by atoms with Crippen molar-refractivity contribution in [2.75, 3.05) is 6.54 Å². The lowest BCUT2D eigenvalue weighted by molar-refractivity contribution is -0.132. The average molecular weight is 311 g/mol. The van der Waals surface area contributed by atoms with Crippen LogP contribution in [0.1, 0.15) is 57.6 Å². The van der Waals surface area contributed by atoms with E-state index >= 15 is 0 Å². The van der Waals surface area contributed by atoms with E-state index < -0.39 is 0 Å². The number of fused-ring (bicyclic) bond motifs is 1. The molecule has 0 aromatic heterocycles. The van der Waals surface area contributed by atoms with E-state index in [1.54, 1.807) is 0 Å². The van der Waals surface area contributed by atoms with Crippen LogP contribution < -0.4 is 5.32 Å². The van der Waals surface area contributed by atoms with E-state index in [1.165, 1.54) is 29.5 Å². The fourth-order valence-corrected chi connectivity index (χ4v) is 4.61. The van der Waals surface area contributed by atoms with Crippen LogP contribution in [-0.4, -0.2) is 12.5 Å². The van der Waals surface area contributed by atoms with Crippen LogP contribution in [0.25, 0.3) is 5.57 Å². The molecule has 1 saturated carbocycles. The molecule has 1 aromatic carbocycles. The van der Waals surface area contributed by atoms with Crippen LogP contribution in [0.3, 0.4) is 0 Å². The van der Waals surface area contributed by atoms with Crippen LogP contribution in [0.2, 0.25) is 0 Å². The minimum absolute atomic E-state index is 0.126. The molecule has 2 heteroatoms. The molecule has 23 heavy (non-hydrogen) atoms. The zero-order valence-electron chi connectivity index (χ0n) is 14.7. The van der Waals surface area contributed by atoms with E-state index in [1.807, 2.05) is 0 Å². The number of benzene rings is 1. The van der Waals surface area contributed by atoms with Crippen molar-refractivity contribution < 1.29 is 4.79 Å². The van der Waals surface area contributed by atoms with Gasteiger partial charge in [0.25, 0.3) is 0 Å². The summed E-state index contributed by atoms with van der Waals surface area (Å²) in [6.07, 6.45) is 7.87. The minimum Gasteiger partial charge on any atom is -0.356 e. The standard InChI is InChI=1S/C21H29NO/c1-15-7-6-13-21(2,3)19(15)20(23)22-14-12-17-11-10-16-8-4-5-9-18(16)17/h4-5,8-9,11,15,19H,6-7,10,12-14H2,1-3H3,(H,22,23)/t15-,19?/m0/s1. The first kappa shape index (κ1) is 16.3. The summed E-state index contributed by atoms with van der Waals surface area (Å²) in [6, 6.07) is 8.60. The summed E-state index contributed by atoms with van der Waals surface area (Å²) in [5, 5.41) is 3.22. The summed E-state index contributed by atoms with van der Waals surface area (Å²) in [7, 11) is 0.